The van der Waals surface area contributed by atoms with Gasteiger partial charge in [0.1, 0.15) is 11.9 Å². The minimum Gasteiger partial charge on any atom is -0.488 e. The minimum atomic E-state index is -0.0951. The zero-order valence-electron chi connectivity index (χ0n) is 14.1. The van der Waals surface area contributed by atoms with Crippen LogP contribution in [0.1, 0.15) is 23.2 Å². The molecule has 0 spiro atoms. The number of halogens is 2. The number of hydrogen-bond acceptors (Lipinski definition) is 4. The van der Waals surface area contributed by atoms with Crippen LogP contribution in [0.3, 0.4) is 0 Å². The van der Waals surface area contributed by atoms with Crippen molar-refractivity contribution in [1.82, 2.24) is 15.1 Å². The van der Waals surface area contributed by atoms with E-state index in [4.69, 9.17) is 16.3 Å². The van der Waals surface area contributed by atoms with Gasteiger partial charge in [0, 0.05) is 33.2 Å². The summed E-state index contributed by atoms with van der Waals surface area (Å²) < 4.78 is 5.98. The largest absolute Gasteiger partial charge is 0.488 e. The van der Waals surface area contributed by atoms with E-state index in [0.717, 1.165) is 31.9 Å². The molecule has 3 rings (SSSR count). The number of rotatable bonds is 4. The lowest BCUT2D eigenvalue weighted by Crippen LogP contribution is -2.59. The molecule has 0 unspecified atom stereocenters. The van der Waals surface area contributed by atoms with Crippen LogP contribution in [0.5, 0.6) is 5.75 Å². The summed E-state index contributed by atoms with van der Waals surface area (Å²) in [5.74, 6) is 0.641. The van der Waals surface area contributed by atoms with Gasteiger partial charge in [-0.05, 0) is 44.1 Å². The third-order valence-electron chi connectivity index (χ3n) is 4.58. The van der Waals surface area contributed by atoms with Crippen molar-refractivity contribution >= 4 is 29.9 Å². The van der Waals surface area contributed by atoms with Crippen molar-refractivity contribution < 1.29 is 9.53 Å². The number of amides is 1. The van der Waals surface area contributed by atoms with Gasteiger partial charge in [-0.2, -0.15) is 0 Å². The van der Waals surface area contributed by atoms with Crippen LogP contribution in [0.4, 0.5) is 0 Å². The molecule has 0 atom stereocenters. The quantitative estimate of drug-likeness (QED) is 0.879. The first-order chi connectivity index (χ1) is 11.0. The molecule has 134 valence electrons. The molecular formula is C17H25Cl2N3O2. The number of hydrogen-bond donors (Lipinski definition) is 1. The van der Waals surface area contributed by atoms with Crippen molar-refractivity contribution in [3.63, 3.8) is 0 Å². The van der Waals surface area contributed by atoms with E-state index in [1.807, 2.05) is 6.07 Å². The van der Waals surface area contributed by atoms with E-state index >= 15 is 0 Å². The average Bonchev–Trinajstić information content (AvgIpc) is 2.50. The summed E-state index contributed by atoms with van der Waals surface area (Å²) in [6, 6.07) is 6.00. The van der Waals surface area contributed by atoms with Crippen LogP contribution < -0.4 is 10.1 Å². The Balaban J connectivity index is 0.00000208. The molecule has 0 radical (unpaired) electrons. The fourth-order valence-corrected chi connectivity index (χ4v) is 3.44. The molecule has 2 aliphatic heterocycles. The van der Waals surface area contributed by atoms with E-state index in [9.17, 15) is 4.79 Å². The van der Waals surface area contributed by atoms with Crippen LogP contribution in [0.25, 0.3) is 0 Å². The van der Waals surface area contributed by atoms with Gasteiger partial charge in [0.05, 0.1) is 10.6 Å². The molecule has 1 N–H and O–H groups in total. The summed E-state index contributed by atoms with van der Waals surface area (Å²) in [6.45, 7) is 4.18. The summed E-state index contributed by atoms with van der Waals surface area (Å²) in [6.07, 6.45) is 2.66. The van der Waals surface area contributed by atoms with Gasteiger partial charge in [-0.15, -0.1) is 12.4 Å². The van der Waals surface area contributed by atoms with Crippen LogP contribution >= 0.6 is 24.0 Å². The van der Waals surface area contributed by atoms with Crippen LogP contribution in [-0.4, -0.2) is 68.1 Å². The smallest absolute Gasteiger partial charge is 0.254 e. The molecule has 7 heteroatoms. The van der Waals surface area contributed by atoms with E-state index in [1.54, 1.807) is 26.2 Å². The van der Waals surface area contributed by atoms with Gasteiger partial charge < -0.3 is 15.0 Å². The molecule has 24 heavy (non-hydrogen) atoms. The molecule has 2 saturated heterocycles. The van der Waals surface area contributed by atoms with Crippen molar-refractivity contribution in [1.29, 1.82) is 0 Å². The van der Waals surface area contributed by atoms with Gasteiger partial charge in [0.25, 0.3) is 5.91 Å². The molecule has 1 aromatic carbocycles. The second-order valence-corrected chi connectivity index (χ2v) is 6.92. The molecule has 2 heterocycles. The average molecular weight is 374 g/mol. The fourth-order valence-electron chi connectivity index (χ4n) is 3.19. The van der Waals surface area contributed by atoms with Gasteiger partial charge in [0.15, 0.2) is 0 Å². The highest BCUT2D eigenvalue weighted by Crippen LogP contribution is 2.27. The van der Waals surface area contributed by atoms with Gasteiger partial charge in [-0.25, -0.2) is 0 Å². The molecule has 2 fully saturated rings. The van der Waals surface area contributed by atoms with Crippen molar-refractivity contribution in [2.45, 2.75) is 25.0 Å². The lowest BCUT2D eigenvalue weighted by molar-refractivity contribution is -0.0169. The van der Waals surface area contributed by atoms with E-state index in [0.29, 0.717) is 16.6 Å². The summed E-state index contributed by atoms with van der Waals surface area (Å²) in [7, 11) is 3.43. The number of ether oxygens (including phenoxy) is 1. The first-order valence-electron chi connectivity index (χ1n) is 8.17. The van der Waals surface area contributed by atoms with E-state index in [1.165, 1.54) is 17.7 Å². The van der Waals surface area contributed by atoms with Crippen molar-refractivity contribution in [3.8, 4) is 5.75 Å². The lowest BCUT2D eigenvalue weighted by Gasteiger charge is -2.45. The number of benzene rings is 1. The fraction of sp³-hybridized carbons (Fsp3) is 0.588. The maximum Gasteiger partial charge on any atom is 0.254 e. The highest BCUT2D eigenvalue weighted by molar-refractivity contribution is 6.34. The first kappa shape index (κ1) is 19.3. The number of carbonyl (C=O) groups excluding carboxylic acids is 1. The monoisotopic (exact) mass is 373 g/mol. The zero-order chi connectivity index (χ0) is 16.4. The van der Waals surface area contributed by atoms with Crippen molar-refractivity contribution in [2.75, 3.05) is 40.3 Å². The molecule has 2 aliphatic rings. The second kappa shape index (κ2) is 8.39. The lowest BCUT2D eigenvalue weighted by atomic mass is 10.00. The highest BCUT2D eigenvalue weighted by Gasteiger charge is 2.34. The minimum absolute atomic E-state index is 0. The van der Waals surface area contributed by atoms with Crippen LogP contribution in [0.15, 0.2) is 18.2 Å². The zero-order valence-corrected chi connectivity index (χ0v) is 15.7. The standard InChI is InChI=1S/C17H24ClN3O2.ClH/c1-20(2)17(22)15-4-3-13(9-16(15)18)23-14-10-21(11-14)12-5-7-19-8-6-12;/h3-4,9,12,14,19H,5-8,10-11H2,1-2H3;1H. The SMILES string of the molecule is CN(C)C(=O)c1ccc(OC2CN(C3CCNCC3)C2)cc1Cl.Cl. The van der Waals surface area contributed by atoms with Crippen LogP contribution in [0, 0.1) is 0 Å². The first-order valence-corrected chi connectivity index (χ1v) is 8.55. The number of piperidine rings is 1. The number of nitrogens with one attached hydrogen (secondary N) is 1. The normalized spacial score (nSPS) is 19.3. The number of carbonyl (C=O) groups is 1. The summed E-state index contributed by atoms with van der Waals surface area (Å²) in [5, 5.41) is 3.83. The molecule has 0 saturated carbocycles. The third-order valence-corrected chi connectivity index (χ3v) is 4.89. The molecule has 0 aliphatic carbocycles. The Morgan fingerprint density at radius 2 is 1.96 bits per heavy atom. The van der Waals surface area contributed by atoms with E-state index in [-0.39, 0.29) is 24.4 Å². The molecule has 0 aromatic heterocycles. The molecule has 5 nitrogen and oxygen atoms in total. The molecule has 1 aromatic rings. The van der Waals surface area contributed by atoms with Crippen molar-refractivity contribution in [2.24, 2.45) is 0 Å². The summed E-state index contributed by atoms with van der Waals surface area (Å²) in [5.41, 5.74) is 0.508. The predicted octanol–water partition coefficient (Wildman–Crippen LogP) is 2.28. The molecule has 0 bridgehead atoms. The summed E-state index contributed by atoms with van der Waals surface area (Å²) >= 11 is 6.22. The Hall–Kier alpha value is -1.01. The topological polar surface area (TPSA) is 44.8 Å². The van der Waals surface area contributed by atoms with Crippen LogP contribution in [-0.2, 0) is 0 Å². The van der Waals surface area contributed by atoms with Gasteiger partial charge in [0.2, 0.25) is 0 Å². The molecular weight excluding hydrogens is 349 g/mol. The maximum atomic E-state index is 12.0. The van der Waals surface area contributed by atoms with Crippen LogP contribution in [0.2, 0.25) is 5.02 Å². The molecule has 1 amide bonds. The second-order valence-electron chi connectivity index (χ2n) is 6.52. The predicted molar refractivity (Wildman–Crippen MR) is 98.6 cm³/mol. The number of nitrogens with zero attached hydrogens (tertiary/aromatic N) is 2. The number of likely N-dealkylation sites (tertiary alicyclic amines) is 1. The van der Waals surface area contributed by atoms with E-state index in [2.05, 4.69) is 10.2 Å². The van der Waals surface area contributed by atoms with Gasteiger partial charge >= 0.3 is 0 Å². The maximum absolute atomic E-state index is 12.0. The summed E-state index contributed by atoms with van der Waals surface area (Å²) in [4.78, 5) is 16.0. The Morgan fingerprint density at radius 1 is 1.29 bits per heavy atom. The van der Waals surface area contributed by atoms with E-state index < -0.39 is 0 Å². The Bertz CT molecular complexity index is 571. The Labute approximate surface area is 154 Å². The van der Waals surface area contributed by atoms with Gasteiger partial charge in [-0.3, -0.25) is 9.69 Å². The highest BCUT2D eigenvalue weighted by atomic mass is 35.5. The Morgan fingerprint density at radius 3 is 2.54 bits per heavy atom. The Kier molecular flexibility index (Phi) is 6.75. The van der Waals surface area contributed by atoms with Gasteiger partial charge in [-0.1, -0.05) is 11.6 Å². The third kappa shape index (κ3) is 4.33. The van der Waals surface area contributed by atoms with Crippen molar-refractivity contribution in [3.05, 3.63) is 28.8 Å².